The van der Waals surface area contributed by atoms with Gasteiger partial charge < -0.3 is 15.4 Å². The third kappa shape index (κ3) is 8.55. The maximum absolute atomic E-state index is 13.5. The van der Waals surface area contributed by atoms with Crippen molar-refractivity contribution < 1.29 is 35.9 Å². The fourth-order valence-electron chi connectivity index (χ4n) is 5.80. The Kier molecular flexibility index (Phi) is 10.7. The lowest BCUT2D eigenvalue weighted by Gasteiger charge is -2.57. The molecule has 1 aliphatic carbocycles. The van der Waals surface area contributed by atoms with E-state index in [9.17, 15) is 31.1 Å². The first-order valence-electron chi connectivity index (χ1n) is 14.3. The van der Waals surface area contributed by atoms with Gasteiger partial charge in [-0.25, -0.2) is 0 Å². The number of amides is 1. The Morgan fingerprint density at radius 1 is 0.909 bits per heavy atom. The molecule has 0 unspecified atom stereocenters. The molecule has 0 bridgehead atoms. The molecular weight excluding hydrogens is 606 g/mol. The number of hydrogen-bond donors (Lipinski definition) is 2. The molecule has 0 saturated heterocycles. The van der Waals surface area contributed by atoms with Gasteiger partial charge in [-0.05, 0) is 61.1 Å². The van der Waals surface area contributed by atoms with Gasteiger partial charge in [0, 0.05) is 36.3 Å². The van der Waals surface area contributed by atoms with Crippen molar-refractivity contribution in [2.45, 2.75) is 68.6 Å². The summed E-state index contributed by atoms with van der Waals surface area (Å²) >= 11 is 5.75. The first-order valence-corrected chi connectivity index (χ1v) is 14.9. The van der Waals surface area contributed by atoms with Crippen LogP contribution in [0.2, 0.25) is 0 Å². The van der Waals surface area contributed by atoms with Crippen molar-refractivity contribution in [2.75, 3.05) is 19.0 Å². The molecule has 1 saturated carbocycles. The van der Waals surface area contributed by atoms with Gasteiger partial charge in [-0.15, -0.1) is 11.6 Å². The molecule has 0 spiro atoms. The minimum Gasteiger partial charge on any atom is -0.373 e. The molecule has 1 aliphatic rings. The Labute approximate surface area is 258 Å². The molecule has 2 N–H and O–H groups in total. The Balaban J connectivity index is 1.58. The van der Waals surface area contributed by atoms with Crippen LogP contribution in [0.4, 0.5) is 26.3 Å². The van der Waals surface area contributed by atoms with E-state index in [1.165, 1.54) is 6.92 Å². The van der Waals surface area contributed by atoms with Crippen molar-refractivity contribution in [3.05, 3.63) is 107 Å². The largest absolute Gasteiger partial charge is 0.416 e. The van der Waals surface area contributed by atoms with E-state index in [1.807, 2.05) is 60.7 Å². The summed E-state index contributed by atoms with van der Waals surface area (Å²) in [6.07, 6.45) is -9.10. The van der Waals surface area contributed by atoms with Crippen LogP contribution in [0.25, 0.3) is 0 Å². The van der Waals surface area contributed by atoms with Gasteiger partial charge in [-0.2, -0.15) is 26.3 Å². The number of ether oxygens (including phenoxy) is 1. The highest BCUT2D eigenvalue weighted by Crippen LogP contribution is 2.51. The van der Waals surface area contributed by atoms with E-state index < -0.39 is 40.5 Å². The molecule has 1 fully saturated rings. The Bertz CT molecular complexity index is 1340. The lowest BCUT2D eigenvalue weighted by Crippen LogP contribution is -2.68. The predicted molar refractivity (Wildman–Crippen MR) is 157 cm³/mol. The first-order chi connectivity index (χ1) is 20.8. The standard InChI is InChI=1S/C33H35ClF6N2O2/c1-23(25-15-27(32(35,36)37)17-28(16-25)33(38,39)40)44-22-30(26-11-6-3-7-12-26)19-31(20-30,21-41-29(43)13-8-14-34)42-18-24-9-4-2-5-10-24/h2-7,9-12,15-17,23,42H,8,13-14,18-22H2,1H3,(H,41,43)/t23-,30?,31?/m1/s1. The normalized spacial score (nSPS) is 21.0. The summed E-state index contributed by atoms with van der Waals surface area (Å²) < 4.78 is 87.0. The maximum Gasteiger partial charge on any atom is 0.416 e. The molecule has 4 nitrogen and oxygen atoms in total. The molecule has 0 heterocycles. The van der Waals surface area contributed by atoms with Crippen molar-refractivity contribution in [1.29, 1.82) is 0 Å². The smallest absolute Gasteiger partial charge is 0.373 e. The van der Waals surface area contributed by atoms with Gasteiger partial charge in [0.25, 0.3) is 0 Å². The zero-order valence-electron chi connectivity index (χ0n) is 24.2. The summed E-state index contributed by atoms with van der Waals surface area (Å²) in [5.41, 5.74) is -2.13. The SMILES string of the molecule is C[C@@H](OCC1(c2ccccc2)CC(CNC(=O)CCCCl)(NCc2ccccc2)C1)c1cc(C(F)(F)F)cc(C(F)(F)F)c1. The third-order valence-corrected chi connectivity index (χ3v) is 8.37. The molecule has 11 heteroatoms. The second-order valence-corrected chi connectivity index (χ2v) is 11.9. The zero-order chi connectivity index (χ0) is 32.0. The number of benzene rings is 3. The fourth-order valence-corrected chi connectivity index (χ4v) is 5.93. The van der Waals surface area contributed by atoms with Gasteiger partial charge in [0.2, 0.25) is 5.91 Å². The third-order valence-electron chi connectivity index (χ3n) is 8.10. The summed E-state index contributed by atoms with van der Waals surface area (Å²) in [7, 11) is 0. The zero-order valence-corrected chi connectivity index (χ0v) is 25.0. The minimum absolute atomic E-state index is 0.0464. The summed E-state index contributed by atoms with van der Waals surface area (Å²) in [6.45, 7) is 2.36. The van der Waals surface area contributed by atoms with Crippen LogP contribution in [-0.4, -0.2) is 30.5 Å². The Morgan fingerprint density at radius 3 is 2.02 bits per heavy atom. The minimum atomic E-state index is -4.95. The number of hydrogen-bond acceptors (Lipinski definition) is 3. The molecule has 4 rings (SSSR count). The van der Waals surface area contributed by atoms with Crippen LogP contribution in [-0.2, 0) is 33.8 Å². The molecule has 1 atom stereocenters. The molecule has 0 aromatic heterocycles. The van der Waals surface area contributed by atoms with Crippen LogP contribution in [0.15, 0.2) is 78.9 Å². The lowest BCUT2D eigenvalue weighted by atomic mass is 9.54. The summed E-state index contributed by atoms with van der Waals surface area (Å²) in [6, 6.07) is 20.7. The van der Waals surface area contributed by atoms with E-state index in [2.05, 4.69) is 10.6 Å². The van der Waals surface area contributed by atoms with E-state index in [1.54, 1.807) is 0 Å². The van der Waals surface area contributed by atoms with E-state index in [0.717, 1.165) is 11.1 Å². The highest BCUT2D eigenvalue weighted by Gasteiger charge is 2.55. The van der Waals surface area contributed by atoms with Crippen LogP contribution in [0, 0.1) is 0 Å². The van der Waals surface area contributed by atoms with Crippen LogP contribution >= 0.6 is 11.6 Å². The molecule has 0 radical (unpaired) electrons. The summed E-state index contributed by atoms with van der Waals surface area (Å²) in [4.78, 5) is 12.5. The number of carbonyl (C=O) groups excluding carboxylic acids is 1. The lowest BCUT2D eigenvalue weighted by molar-refractivity contribution is -0.143. The molecule has 238 valence electrons. The summed E-state index contributed by atoms with van der Waals surface area (Å²) in [5.74, 6) is 0.243. The van der Waals surface area contributed by atoms with Crippen molar-refractivity contribution in [3.63, 3.8) is 0 Å². The number of halogens is 7. The monoisotopic (exact) mass is 640 g/mol. The number of nitrogens with one attached hydrogen (secondary N) is 2. The van der Waals surface area contributed by atoms with E-state index in [4.69, 9.17) is 16.3 Å². The average Bonchev–Trinajstić information content (AvgIpc) is 2.98. The topological polar surface area (TPSA) is 50.4 Å². The fraction of sp³-hybridized carbons (Fsp3) is 0.424. The average molecular weight is 641 g/mol. The maximum atomic E-state index is 13.5. The molecule has 3 aromatic rings. The molecular formula is C33H35ClF6N2O2. The molecule has 1 amide bonds. The molecule has 3 aromatic carbocycles. The Hall–Kier alpha value is -3.08. The first kappa shape index (κ1) is 33.8. The van der Waals surface area contributed by atoms with Crippen molar-refractivity contribution in [3.8, 4) is 0 Å². The predicted octanol–water partition coefficient (Wildman–Crippen LogP) is 8.20. The van der Waals surface area contributed by atoms with Crippen LogP contribution in [0.1, 0.15) is 66.5 Å². The summed E-state index contributed by atoms with van der Waals surface area (Å²) in [5, 5.41) is 6.61. The van der Waals surface area contributed by atoms with Gasteiger partial charge in [0.05, 0.1) is 23.8 Å². The Morgan fingerprint density at radius 2 is 1.48 bits per heavy atom. The molecule has 0 aliphatic heterocycles. The second kappa shape index (κ2) is 13.9. The molecule has 44 heavy (non-hydrogen) atoms. The number of alkyl halides is 7. The number of rotatable bonds is 13. The van der Waals surface area contributed by atoms with Crippen molar-refractivity contribution in [2.24, 2.45) is 0 Å². The van der Waals surface area contributed by atoms with Crippen molar-refractivity contribution >= 4 is 17.5 Å². The van der Waals surface area contributed by atoms with Gasteiger partial charge >= 0.3 is 12.4 Å². The van der Waals surface area contributed by atoms with Gasteiger partial charge in [-0.3, -0.25) is 4.79 Å². The highest BCUT2D eigenvalue weighted by atomic mass is 35.5. The van der Waals surface area contributed by atoms with E-state index >= 15 is 0 Å². The van der Waals surface area contributed by atoms with E-state index in [0.29, 0.717) is 56.8 Å². The van der Waals surface area contributed by atoms with Crippen LogP contribution in [0.3, 0.4) is 0 Å². The quantitative estimate of drug-likeness (QED) is 0.146. The van der Waals surface area contributed by atoms with Crippen molar-refractivity contribution in [1.82, 2.24) is 10.6 Å². The van der Waals surface area contributed by atoms with Gasteiger partial charge in [0.1, 0.15) is 0 Å². The van der Waals surface area contributed by atoms with Gasteiger partial charge in [-0.1, -0.05) is 60.7 Å². The second-order valence-electron chi connectivity index (χ2n) is 11.5. The van der Waals surface area contributed by atoms with Crippen LogP contribution < -0.4 is 10.6 Å². The highest BCUT2D eigenvalue weighted by molar-refractivity contribution is 6.17. The number of carbonyl (C=O) groups is 1. The van der Waals surface area contributed by atoms with Crippen LogP contribution in [0.5, 0.6) is 0 Å². The van der Waals surface area contributed by atoms with Gasteiger partial charge in [0.15, 0.2) is 0 Å². The van der Waals surface area contributed by atoms with E-state index in [-0.39, 0.29) is 24.1 Å².